The fourth-order valence-corrected chi connectivity index (χ4v) is 4.09. The third-order valence-corrected chi connectivity index (χ3v) is 5.35. The molecule has 3 unspecified atom stereocenters. The lowest BCUT2D eigenvalue weighted by Crippen LogP contribution is -2.28. The minimum Gasteiger partial charge on any atom is -0.307 e. The summed E-state index contributed by atoms with van der Waals surface area (Å²) in [6.07, 6.45) is 4.07. The SMILES string of the molecule is CC1CCC(NC(C)c2cc3ccccc3s2)C1. The van der Waals surface area contributed by atoms with Crippen LogP contribution in [0.5, 0.6) is 0 Å². The maximum atomic E-state index is 3.80. The molecule has 1 nitrogen and oxygen atoms in total. The van der Waals surface area contributed by atoms with E-state index in [0.717, 1.165) is 12.0 Å². The summed E-state index contributed by atoms with van der Waals surface area (Å²) >= 11 is 1.93. The Balaban J connectivity index is 1.73. The smallest absolute Gasteiger partial charge is 0.0388 e. The van der Waals surface area contributed by atoms with Crippen molar-refractivity contribution in [2.24, 2.45) is 5.92 Å². The maximum Gasteiger partial charge on any atom is 0.0388 e. The molecule has 0 amide bonds. The zero-order valence-electron chi connectivity index (χ0n) is 11.1. The molecule has 1 aliphatic rings. The highest BCUT2D eigenvalue weighted by Gasteiger charge is 2.23. The molecular weight excluding hydrogens is 238 g/mol. The van der Waals surface area contributed by atoms with E-state index in [9.17, 15) is 0 Å². The van der Waals surface area contributed by atoms with Crippen LogP contribution in [0.15, 0.2) is 30.3 Å². The lowest BCUT2D eigenvalue weighted by molar-refractivity contribution is 0.453. The minimum atomic E-state index is 0.484. The summed E-state index contributed by atoms with van der Waals surface area (Å²) in [5, 5.41) is 5.18. The standard InChI is InChI=1S/C16H21NS/c1-11-7-8-14(9-11)17-12(2)16-10-13-5-3-4-6-15(13)18-16/h3-6,10-12,14,17H,7-9H2,1-2H3. The molecule has 3 atom stereocenters. The molecule has 1 aromatic carbocycles. The van der Waals surface area contributed by atoms with Gasteiger partial charge >= 0.3 is 0 Å². The molecule has 0 bridgehead atoms. The van der Waals surface area contributed by atoms with Crippen molar-refractivity contribution in [2.45, 2.75) is 45.2 Å². The number of hydrogen-bond donors (Lipinski definition) is 1. The van der Waals surface area contributed by atoms with Crippen LogP contribution in [0.3, 0.4) is 0 Å². The summed E-state index contributed by atoms with van der Waals surface area (Å²) in [5.41, 5.74) is 0. The first-order valence-corrected chi connectivity index (χ1v) is 7.78. The van der Waals surface area contributed by atoms with Crippen LogP contribution in [0.1, 0.15) is 44.0 Å². The molecule has 1 N–H and O–H groups in total. The molecule has 3 rings (SSSR count). The van der Waals surface area contributed by atoms with Crippen molar-refractivity contribution in [3.8, 4) is 0 Å². The molecular formula is C16H21NS. The van der Waals surface area contributed by atoms with Crippen molar-refractivity contribution >= 4 is 21.4 Å². The topological polar surface area (TPSA) is 12.0 Å². The van der Waals surface area contributed by atoms with Gasteiger partial charge in [-0.05, 0) is 49.6 Å². The lowest BCUT2D eigenvalue weighted by Gasteiger charge is -2.18. The Bertz CT molecular complexity index is 498. The summed E-state index contributed by atoms with van der Waals surface area (Å²) < 4.78 is 1.40. The molecule has 18 heavy (non-hydrogen) atoms. The zero-order chi connectivity index (χ0) is 12.5. The van der Waals surface area contributed by atoms with Crippen molar-refractivity contribution in [3.05, 3.63) is 35.2 Å². The van der Waals surface area contributed by atoms with Gasteiger partial charge in [0.2, 0.25) is 0 Å². The Morgan fingerprint density at radius 1 is 1.28 bits per heavy atom. The normalized spacial score (nSPS) is 25.7. The van der Waals surface area contributed by atoms with Gasteiger partial charge in [0.15, 0.2) is 0 Å². The van der Waals surface area contributed by atoms with E-state index in [1.807, 2.05) is 11.3 Å². The Morgan fingerprint density at radius 3 is 2.83 bits per heavy atom. The van der Waals surface area contributed by atoms with Gasteiger partial charge in [0.1, 0.15) is 0 Å². The Morgan fingerprint density at radius 2 is 2.11 bits per heavy atom. The van der Waals surface area contributed by atoms with E-state index in [-0.39, 0.29) is 0 Å². The monoisotopic (exact) mass is 259 g/mol. The third kappa shape index (κ3) is 2.45. The second-order valence-electron chi connectivity index (χ2n) is 5.69. The van der Waals surface area contributed by atoms with Crippen molar-refractivity contribution in [2.75, 3.05) is 0 Å². The highest BCUT2D eigenvalue weighted by atomic mass is 32.1. The van der Waals surface area contributed by atoms with Gasteiger partial charge in [-0.2, -0.15) is 0 Å². The van der Waals surface area contributed by atoms with Gasteiger partial charge in [-0.3, -0.25) is 0 Å². The van der Waals surface area contributed by atoms with Crippen LogP contribution in [0.25, 0.3) is 10.1 Å². The molecule has 0 saturated heterocycles. The number of benzene rings is 1. The summed E-state index contributed by atoms with van der Waals surface area (Å²) in [6.45, 7) is 4.67. The van der Waals surface area contributed by atoms with Crippen LogP contribution in [0.4, 0.5) is 0 Å². The van der Waals surface area contributed by atoms with E-state index in [2.05, 4.69) is 49.5 Å². The van der Waals surface area contributed by atoms with Gasteiger partial charge in [-0.25, -0.2) is 0 Å². The first kappa shape index (κ1) is 12.2. The number of thiophene rings is 1. The molecule has 1 saturated carbocycles. The van der Waals surface area contributed by atoms with E-state index in [1.54, 1.807) is 0 Å². The molecule has 2 aromatic rings. The van der Waals surface area contributed by atoms with Crippen LogP contribution in [-0.2, 0) is 0 Å². The summed E-state index contributed by atoms with van der Waals surface area (Å²) in [5.74, 6) is 0.900. The van der Waals surface area contributed by atoms with Gasteiger partial charge in [-0.1, -0.05) is 25.1 Å². The maximum absolute atomic E-state index is 3.80. The zero-order valence-corrected chi connectivity index (χ0v) is 12.0. The average molecular weight is 259 g/mol. The van der Waals surface area contributed by atoms with E-state index in [0.29, 0.717) is 6.04 Å². The van der Waals surface area contributed by atoms with Gasteiger partial charge in [0, 0.05) is 21.7 Å². The van der Waals surface area contributed by atoms with Crippen molar-refractivity contribution in [1.82, 2.24) is 5.32 Å². The van der Waals surface area contributed by atoms with E-state index >= 15 is 0 Å². The number of nitrogens with one attached hydrogen (secondary N) is 1. The quantitative estimate of drug-likeness (QED) is 0.839. The number of hydrogen-bond acceptors (Lipinski definition) is 2. The van der Waals surface area contributed by atoms with Crippen LogP contribution < -0.4 is 5.32 Å². The number of rotatable bonds is 3. The summed E-state index contributed by atoms with van der Waals surface area (Å²) in [6, 6.07) is 12.2. The van der Waals surface area contributed by atoms with Crippen LogP contribution in [0.2, 0.25) is 0 Å². The van der Waals surface area contributed by atoms with Gasteiger partial charge < -0.3 is 5.32 Å². The molecule has 2 heteroatoms. The van der Waals surface area contributed by atoms with Crippen molar-refractivity contribution in [3.63, 3.8) is 0 Å². The van der Waals surface area contributed by atoms with Crippen LogP contribution in [-0.4, -0.2) is 6.04 Å². The minimum absolute atomic E-state index is 0.484. The van der Waals surface area contributed by atoms with Gasteiger partial charge in [0.05, 0.1) is 0 Å². The molecule has 0 spiro atoms. The fourth-order valence-electron chi connectivity index (χ4n) is 3.01. The second kappa shape index (κ2) is 5.02. The highest BCUT2D eigenvalue weighted by Crippen LogP contribution is 2.32. The highest BCUT2D eigenvalue weighted by molar-refractivity contribution is 7.19. The van der Waals surface area contributed by atoms with E-state index in [1.165, 1.54) is 34.2 Å². The first-order valence-electron chi connectivity index (χ1n) is 6.97. The predicted octanol–water partition coefficient (Wildman–Crippen LogP) is 4.74. The third-order valence-electron chi connectivity index (χ3n) is 4.05. The Labute approximate surface area is 113 Å². The molecule has 0 aliphatic heterocycles. The second-order valence-corrected chi connectivity index (χ2v) is 6.81. The van der Waals surface area contributed by atoms with Crippen LogP contribution in [0, 0.1) is 5.92 Å². The van der Waals surface area contributed by atoms with Gasteiger partial charge in [0.25, 0.3) is 0 Å². The van der Waals surface area contributed by atoms with Crippen molar-refractivity contribution < 1.29 is 0 Å². The first-order chi connectivity index (χ1) is 8.72. The van der Waals surface area contributed by atoms with Gasteiger partial charge in [-0.15, -0.1) is 11.3 Å². The number of fused-ring (bicyclic) bond motifs is 1. The molecule has 1 aliphatic carbocycles. The molecule has 1 aromatic heterocycles. The molecule has 1 fully saturated rings. The Kier molecular flexibility index (Phi) is 3.40. The molecule has 96 valence electrons. The summed E-state index contributed by atoms with van der Waals surface area (Å²) in [7, 11) is 0. The van der Waals surface area contributed by atoms with Crippen molar-refractivity contribution in [1.29, 1.82) is 0 Å². The fraction of sp³-hybridized carbons (Fsp3) is 0.500. The average Bonchev–Trinajstić information content (AvgIpc) is 2.95. The van der Waals surface area contributed by atoms with E-state index < -0.39 is 0 Å². The molecule has 0 radical (unpaired) electrons. The van der Waals surface area contributed by atoms with E-state index in [4.69, 9.17) is 0 Å². The summed E-state index contributed by atoms with van der Waals surface area (Å²) in [4.78, 5) is 1.47. The van der Waals surface area contributed by atoms with Crippen LogP contribution >= 0.6 is 11.3 Å². The lowest BCUT2D eigenvalue weighted by atomic mass is 10.1. The molecule has 1 heterocycles. The predicted molar refractivity (Wildman–Crippen MR) is 80.2 cm³/mol. The largest absolute Gasteiger partial charge is 0.307 e. The Hall–Kier alpha value is -0.860.